The number of aromatic nitrogens is 4. The first-order valence-corrected chi connectivity index (χ1v) is 9.56. The van der Waals surface area contributed by atoms with Crippen LogP contribution in [-0.2, 0) is 4.74 Å². The Morgan fingerprint density at radius 1 is 1.21 bits per heavy atom. The lowest BCUT2D eigenvalue weighted by molar-refractivity contribution is 0.112. The van der Waals surface area contributed by atoms with Crippen molar-refractivity contribution in [3.63, 3.8) is 0 Å². The largest absolute Gasteiger partial charge is 0.436 e. The van der Waals surface area contributed by atoms with Gasteiger partial charge in [0.05, 0.1) is 16.8 Å². The number of rotatable bonds is 4. The number of hydrogen-bond donors (Lipinski definition) is 0. The maximum Gasteiger partial charge on any atom is 0.414 e. The topological polar surface area (TPSA) is 82.4 Å². The molecule has 0 aromatic carbocycles. The summed E-state index contributed by atoms with van der Waals surface area (Å²) in [5, 5.41) is 0.847. The average molecular weight is 393 g/mol. The Labute approximate surface area is 168 Å². The van der Waals surface area contributed by atoms with Crippen LogP contribution in [0.1, 0.15) is 31.5 Å². The Kier molecular flexibility index (Phi) is 5.16. The number of pyridine rings is 1. The summed E-state index contributed by atoms with van der Waals surface area (Å²) < 4.78 is 13.3. The number of piperidine rings is 1. The number of likely N-dealkylation sites (tertiary alicyclic amines) is 1. The zero-order valence-electron chi connectivity index (χ0n) is 16.5. The van der Waals surface area contributed by atoms with Gasteiger partial charge in [0.2, 0.25) is 5.88 Å². The van der Waals surface area contributed by atoms with Crippen LogP contribution >= 0.6 is 0 Å². The predicted molar refractivity (Wildman–Crippen MR) is 108 cm³/mol. The number of nitrogens with zero attached hydrogens (tertiary/aromatic N) is 5. The van der Waals surface area contributed by atoms with Crippen molar-refractivity contribution in [3.8, 4) is 11.6 Å². The lowest BCUT2D eigenvalue weighted by Gasteiger charge is -2.32. The molecule has 1 saturated heterocycles. The van der Waals surface area contributed by atoms with E-state index in [2.05, 4.69) is 26.1 Å². The quantitative estimate of drug-likeness (QED) is 0.617. The Balaban J connectivity index is 1.52. The average Bonchev–Trinajstić information content (AvgIpc) is 3.14. The third kappa shape index (κ3) is 3.91. The number of ether oxygens (including phenoxy) is 2. The highest BCUT2D eigenvalue weighted by Crippen LogP contribution is 2.32. The second kappa shape index (κ2) is 7.90. The van der Waals surface area contributed by atoms with Crippen molar-refractivity contribution in [1.29, 1.82) is 0 Å². The molecule has 8 nitrogen and oxygen atoms in total. The molecule has 1 amide bonds. The van der Waals surface area contributed by atoms with E-state index in [0.29, 0.717) is 30.5 Å². The van der Waals surface area contributed by atoms with Crippen molar-refractivity contribution < 1.29 is 14.3 Å². The summed E-state index contributed by atoms with van der Waals surface area (Å²) in [7, 11) is 0. The van der Waals surface area contributed by atoms with Crippen LogP contribution in [0.3, 0.4) is 0 Å². The molecule has 3 aromatic heterocycles. The summed E-state index contributed by atoms with van der Waals surface area (Å²) >= 11 is 0. The van der Waals surface area contributed by atoms with Crippen LogP contribution in [-0.4, -0.2) is 43.6 Å². The highest BCUT2D eigenvalue weighted by Gasteiger charge is 2.26. The van der Waals surface area contributed by atoms with Crippen LogP contribution in [0.25, 0.3) is 11.0 Å². The van der Waals surface area contributed by atoms with Crippen molar-refractivity contribution in [1.82, 2.24) is 24.4 Å². The third-order valence-electron chi connectivity index (χ3n) is 5.02. The molecule has 3 aromatic rings. The highest BCUT2D eigenvalue weighted by atomic mass is 16.6. The lowest BCUT2D eigenvalue weighted by atomic mass is 10.1. The minimum Gasteiger partial charge on any atom is -0.436 e. The van der Waals surface area contributed by atoms with Gasteiger partial charge in [-0.3, -0.25) is 4.98 Å². The second-order valence-electron chi connectivity index (χ2n) is 7.12. The molecule has 1 aliphatic heterocycles. The number of amides is 1. The van der Waals surface area contributed by atoms with Gasteiger partial charge < -0.3 is 18.9 Å². The van der Waals surface area contributed by atoms with Gasteiger partial charge in [-0.2, -0.15) is 0 Å². The molecule has 0 unspecified atom stereocenters. The molecule has 0 N–H and O–H groups in total. The molecule has 0 atom stereocenters. The van der Waals surface area contributed by atoms with E-state index in [1.54, 1.807) is 18.0 Å². The van der Waals surface area contributed by atoms with Crippen LogP contribution in [0, 0.1) is 6.92 Å². The van der Waals surface area contributed by atoms with Gasteiger partial charge in [-0.05, 0) is 44.9 Å². The molecule has 8 heteroatoms. The SMILES string of the molecule is C=C(C)OC(=O)N1CCC(n2ccc3c(Oc4cccnc4C)ncnc32)CC1. The number of fused-ring (bicyclic) bond motifs is 1. The van der Waals surface area contributed by atoms with Gasteiger partial charge >= 0.3 is 6.09 Å². The summed E-state index contributed by atoms with van der Waals surface area (Å²) in [6, 6.07) is 5.91. The van der Waals surface area contributed by atoms with E-state index < -0.39 is 0 Å². The standard InChI is InChI=1S/C21H23N5O3/c1-14(2)28-21(27)25-10-6-16(7-11-25)26-12-8-17-19(26)23-13-24-20(17)29-18-5-4-9-22-15(18)3/h4-5,8-9,12-13,16H,1,6-7,10-11H2,2-3H3. The number of carbonyl (C=O) groups is 1. The first-order chi connectivity index (χ1) is 14.0. The van der Waals surface area contributed by atoms with E-state index >= 15 is 0 Å². The molecular weight excluding hydrogens is 370 g/mol. The maximum atomic E-state index is 12.1. The molecular formula is C21H23N5O3. The van der Waals surface area contributed by atoms with E-state index in [-0.39, 0.29) is 12.1 Å². The van der Waals surface area contributed by atoms with Crippen LogP contribution in [0.2, 0.25) is 0 Å². The molecule has 150 valence electrons. The number of allylic oxidation sites excluding steroid dienone is 1. The molecule has 0 radical (unpaired) electrons. The van der Waals surface area contributed by atoms with Crippen LogP contribution in [0.4, 0.5) is 4.79 Å². The zero-order valence-corrected chi connectivity index (χ0v) is 16.5. The van der Waals surface area contributed by atoms with Gasteiger partial charge in [-0.1, -0.05) is 6.58 Å². The van der Waals surface area contributed by atoms with Crippen molar-refractivity contribution in [2.45, 2.75) is 32.7 Å². The number of aryl methyl sites for hydroxylation is 1. The molecule has 4 rings (SSSR count). The number of hydrogen-bond acceptors (Lipinski definition) is 6. The first kappa shape index (κ1) is 18.9. The second-order valence-corrected chi connectivity index (χ2v) is 7.12. The van der Waals surface area contributed by atoms with E-state index in [1.165, 1.54) is 6.33 Å². The minimum absolute atomic E-state index is 0.240. The van der Waals surface area contributed by atoms with Crippen molar-refractivity contribution >= 4 is 17.1 Å². The lowest BCUT2D eigenvalue weighted by Crippen LogP contribution is -2.39. The molecule has 1 fully saturated rings. The highest BCUT2D eigenvalue weighted by molar-refractivity contribution is 5.81. The minimum atomic E-state index is -0.335. The molecule has 1 aliphatic rings. The van der Waals surface area contributed by atoms with Crippen LogP contribution in [0.15, 0.2) is 49.3 Å². The fourth-order valence-corrected chi connectivity index (χ4v) is 3.55. The fraction of sp³-hybridized carbons (Fsp3) is 0.333. The van der Waals surface area contributed by atoms with E-state index in [0.717, 1.165) is 29.6 Å². The van der Waals surface area contributed by atoms with Crippen molar-refractivity contribution in [3.05, 3.63) is 55.0 Å². The van der Waals surface area contributed by atoms with Crippen molar-refractivity contribution in [2.24, 2.45) is 0 Å². The summed E-state index contributed by atoms with van der Waals surface area (Å²) in [6.45, 7) is 8.43. The van der Waals surface area contributed by atoms with Gasteiger partial charge in [0.1, 0.15) is 12.0 Å². The molecule has 0 aliphatic carbocycles. The summed E-state index contributed by atoms with van der Waals surface area (Å²) in [4.78, 5) is 26.8. The van der Waals surface area contributed by atoms with Gasteiger partial charge in [0.25, 0.3) is 0 Å². The third-order valence-corrected chi connectivity index (χ3v) is 5.02. The first-order valence-electron chi connectivity index (χ1n) is 9.56. The van der Waals surface area contributed by atoms with Crippen molar-refractivity contribution in [2.75, 3.05) is 13.1 Å². The Hall–Kier alpha value is -3.42. The molecule has 0 saturated carbocycles. The van der Waals surface area contributed by atoms with Gasteiger partial charge in [0, 0.05) is 31.5 Å². The Morgan fingerprint density at radius 3 is 2.72 bits per heavy atom. The summed E-state index contributed by atoms with van der Waals surface area (Å²) in [5.41, 5.74) is 1.62. The predicted octanol–water partition coefficient (Wildman–Crippen LogP) is 4.23. The molecule has 0 spiro atoms. The van der Waals surface area contributed by atoms with Gasteiger partial charge in [0.15, 0.2) is 5.75 Å². The monoisotopic (exact) mass is 393 g/mol. The summed E-state index contributed by atoms with van der Waals surface area (Å²) in [5.74, 6) is 1.58. The molecule has 0 bridgehead atoms. The maximum absolute atomic E-state index is 12.1. The fourth-order valence-electron chi connectivity index (χ4n) is 3.55. The van der Waals surface area contributed by atoms with Crippen LogP contribution < -0.4 is 4.74 Å². The van der Waals surface area contributed by atoms with Gasteiger partial charge in [-0.25, -0.2) is 14.8 Å². The Morgan fingerprint density at radius 2 is 2.00 bits per heavy atom. The number of carbonyl (C=O) groups excluding carboxylic acids is 1. The van der Waals surface area contributed by atoms with Crippen LogP contribution in [0.5, 0.6) is 11.6 Å². The molecule has 4 heterocycles. The van der Waals surface area contributed by atoms with Gasteiger partial charge in [-0.15, -0.1) is 0 Å². The Bertz CT molecular complexity index is 1050. The molecule has 29 heavy (non-hydrogen) atoms. The zero-order chi connectivity index (χ0) is 20.4. The smallest absolute Gasteiger partial charge is 0.414 e. The normalized spacial score (nSPS) is 14.8. The van der Waals surface area contributed by atoms with E-state index in [1.807, 2.05) is 31.3 Å². The van der Waals surface area contributed by atoms with E-state index in [4.69, 9.17) is 9.47 Å². The van der Waals surface area contributed by atoms with E-state index in [9.17, 15) is 4.79 Å². The summed E-state index contributed by atoms with van der Waals surface area (Å²) in [6.07, 6.45) is 6.55.